The number of rotatable bonds is 2. The van der Waals surface area contributed by atoms with Crippen molar-refractivity contribution in [1.29, 1.82) is 0 Å². The van der Waals surface area contributed by atoms with Crippen LogP contribution in [0.15, 0.2) is 9.59 Å². The molecule has 0 aliphatic heterocycles. The van der Waals surface area contributed by atoms with Crippen LogP contribution in [0.3, 0.4) is 0 Å². The second-order valence-electron chi connectivity index (χ2n) is 3.70. The lowest BCUT2D eigenvalue weighted by Gasteiger charge is -2.00. The van der Waals surface area contributed by atoms with Gasteiger partial charge in [-0.05, 0) is 19.4 Å². The Hall–Kier alpha value is -1.89. The number of thiophene rings is 1. The number of carboxylic acids is 1. The predicted molar refractivity (Wildman–Crippen MR) is 63.8 cm³/mol. The number of nitrogens with zero attached hydrogens (tertiary/aromatic N) is 1. The van der Waals surface area contributed by atoms with Gasteiger partial charge in [0, 0.05) is 4.88 Å². The van der Waals surface area contributed by atoms with Gasteiger partial charge in [-0.2, -0.15) is 0 Å². The van der Waals surface area contributed by atoms with Gasteiger partial charge in [0.25, 0.3) is 5.56 Å². The quantitative estimate of drug-likeness (QED) is 0.814. The van der Waals surface area contributed by atoms with Gasteiger partial charge < -0.3 is 5.11 Å². The van der Waals surface area contributed by atoms with E-state index in [1.54, 1.807) is 6.92 Å². The Bertz CT molecular complexity index is 722. The lowest BCUT2D eigenvalue weighted by molar-refractivity contribution is -0.137. The van der Waals surface area contributed by atoms with Crippen LogP contribution in [0.4, 0.5) is 0 Å². The van der Waals surface area contributed by atoms with Crippen molar-refractivity contribution in [2.24, 2.45) is 0 Å². The molecule has 2 aromatic heterocycles. The fourth-order valence-corrected chi connectivity index (χ4v) is 2.69. The summed E-state index contributed by atoms with van der Waals surface area (Å²) in [5.74, 6) is -1.22. The average Bonchev–Trinajstić information content (AvgIpc) is 2.49. The monoisotopic (exact) mass is 254 g/mol. The number of H-pyrrole nitrogens is 1. The van der Waals surface area contributed by atoms with Gasteiger partial charge in [0.2, 0.25) is 0 Å². The van der Waals surface area contributed by atoms with Crippen molar-refractivity contribution >= 4 is 27.5 Å². The molecule has 0 spiro atoms. The molecule has 6 nitrogen and oxygen atoms in total. The van der Waals surface area contributed by atoms with Crippen molar-refractivity contribution in [3.8, 4) is 0 Å². The first-order chi connectivity index (χ1) is 7.91. The van der Waals surface area contributed by atoms with Crippen LogP contribution in [0, 0.1) is 13.8 Å². The maximum atomic E-state index is 12.0. The molecule has 0 atom stereocenters. The van der Waals surface area contributed by atoms with E-state index in [0.717, 1.165) is 10.4 Å². The fourth-order valence-electron chi connectivity index (χ4n) is 1.64. The van der Waals surface area contributed by atoms with Crippen LogP contribution >= 0.6 is 11.3 Å². The first-order valence-electron chi connectivity index (χ1n) is 4.86. The predicted octanol–water partition coefficient (Wildman–Crippen LogP) is 0.453. The van der Waals surface area contributed by atoms with Crippen molar-refractivity contribution in [2.45, 2.75) is 20.4 Å². The van der Waals surface area contributed by atoms with E-state index in [1.807, 2.05) is 6.92 Å². The second-order valence-corrected chi connectivity index (χ2v) is 4.93. The number of aryl methyl sites for hydroxylation is 2. The molecule has 0 aromatic carbocycles. The Labute approximate surface area is 99.1 Å². The summed E-state index contributed by atoms with van der Waals surface area (Å²) in [6, 6.07) is 0. The molecule has 0 amide bonds. The highest BCUT2D eigenvalue weighted by Crippen LogP contribution is 2.24. The zero-order chi connectivity index (χ0) is 12.7. The van der Waals surface area contributed by atoms with E-state index in [1.165, 1.54) is 11.3 Å². The third kappa shape index (κ3) is 1.78. The van der Waals surface area contributed by atoms with E-state index in [4.69, 9.17) is 5.11 Å². The zero-order valence-corrected chi connectivity index (χ0v) is 10.1. The number of hydrogen-bond acceptors (Lipinski definition) is 4. The third-order valence-corrected chi connectivity index (χ3v) is 3.73. The van der Waals surface area contributed by atoms with E-state index in [9.17, 15) is 14.4 Å². The minimum atomic E-state index is -1.22. The van der Waals surface area contributed by atoms with Gasteiger partial charge in [-0.15, -0.1) is 11.3 Å². The molecule has 0 aliphatic rings. The number of aromatic amines is 1. The van der Waals surface area contributed by atoms with Crippen molar-refractivity contribution in [1.82, 2.24) is 9.55 Å². The number of fused-ring (bicyclic) bond motifs is 1. The Kier molecular flexibility index (Phi) is 2.62. The molecule has 2 rings (SSSR count). The number of aliphatic carboxylic acids is 1. The van der Waals surface area contributed by atoms with E-state index in [0.29, 0.717) is 14.8 Å². The van der Waals surface area contributed by atoms with Crippen LogP contribution < -0.4 is 11.2 Å². The summed E-state index contributed by atoms with van der Waals surface area (Å²) in [4.78, 5) is 38.1. The molecule has 90 valence electrons. The zero-order valence-electron chi connectivity index (χ0n) is 9.23. The summed E-state index contributed by atoms with van der Waals surface area (Å²) in [6.45, 7) is 3.00. The largest absolute Gasteiger partial charge is 0.480 e. The van der Waals surface area contributed by atoms with Gasteiger partial charge in [-0.25, -0.2) is 9.36 Å². The lowest BCUT2D eigenvalue weighted by atomic mass is 10.2. The van der Waals surface area contributed by atoms with E-state index in [2.05, 4.69) is 4.98 Å². The number of carbonyl (C=O) groups is 1. The molecule has 2 aromatic rings. The number of hydrogen-bond donors (Lipinski definition) is 2. The maximum Gasteiger partial charge on any atom is 0.329 e. The average molecular weight is 254 g/mol. The molecule has 7 heteroatoms. The summed E-state index contributed by atoms with van der Waals surface area (Å²) in [5.41, 5.74) is -0.454. The minimum absolute atomic E-state index is 0.397. The molecule has 0 radical (unpaired) electrons. The molecule has 2 heterocycles. The Morgan fingerprint density at radius 1 is 1.41 bits per heavy atom. The van der Waals surface area contributed by atoms with Gasteiger partial charge in [0.15, 0.2) is 0 Å². The number of nitrogens with one attached hydrogen (secondary N) is 1. The minimum Gasteiger partial charge on any atom is -0.480 e. The third-order valence-electron chi connectivity index (χ3n) is 2.60. The highest BCUT2D eigenvalue weighted by atomic mass is 32.1. The van der Waals surface area contributed by atoms with Crippen LogP contribution in [-0.2, 0) is 11.3 Å². The van der Waals surface area contributed by atoms with Gasteiger partial charge >= 0.3 is 11.7 Å². The normalized spacial score (nSPS) is 10.9. The summed E-state index contributed by atoms with van der Waals surface area (Å²) in [6.07, 6.45) is 0. The van der Waals surface area contributed by atoms with Crippen LogP contribution in [0.5, 0.6) is 0 Å². The molecule has 0 unspecified atom stereocenters. The highest BCUT2D eigenvalue weighted by Gasteiger charge is 2.15. The van der Waals surface area contributed by atoms with Crippen LogP contribution in [-0.4, -0.2) is 20.6 Å². The van der Waals surface area contributed by atoms with E-state index >= 15 is 0 Å². The fraction of sp³-hybridized carbons (Fsp3) is 0.300. The van der Waals surface area contributed by atoms with Crippen molar-refractivity contribution in [2.75, 3.05) is 0 Å². The number of aromatic nitrogens is 2. The molecule has 2 N–H and O–H groups in total. The van der Waals surface area contributed by atoms with E-state index < -0.39 is 23.8 Å². The molecule has 0 bridgehead atoms. The molecule has 17 heavy (non-hydrogen) atoms. The SMILES string of the molecule is Cc1sc2[nH]c(=O)n(CC(=O)O)c(=O)c2c1C. The number of carboxylic acid groups (broad SMARTS) is 1. The van der Waals surface area contributed by atoms with Crippen molar-refractivity contribution < 1.29 is 9.90 Å². The van der Waals surface area contributed by atoms with Crippen molar-refractivity contribution in [3.05, 3.63) is 31.3 Å². The summed E-state index contributed by atoms with van der Waals surface area (Å²) in [7, 11) is 0. The lowest BCUT2D eigenvalue weighted by Crippen LogP contribution is -2.37. The van der Waals surface area contributed by atoms with Gasteiger partial charge in [0.1, 0.15) is 11.4 Å². The van der Waals surface area contributed by atoms with Gasteiger partial charge in [-0.3, -0.25) is 14.6 Å². The maximum absolute atomic E-state index is 12.0. The molecular weight excluding hydrogens is 244 g/mol. The standard InChI is InChI=1S/C10H10N2O4S/c1-4-5(2)17-8-7(4)9(15)12(3-6(13)14)10(16)11-8/h3H2,1-2H3,(H,11,16)(H,13,14). The molecule has 0 fully saturated rings. The second kappa shape index (κ2) is 3.85. The van der Waals surface area contributed by atoms with Gasteiger partial charge in [0.05, 0.1) is 5.39 Å². The van der Waals surface area contributed by atoms with Crippen molar-refractivity contribution in [3.63, 3.8) is 0 Å². The van der Waals surface area contributed by atoms with E-state index in [-0.39, 0.29) is 0 Å². The Morgan fingerprint density at radius 2 is 2.06 bits per heavy atom. The first-order valence-corrected chi connectivity index (χ1v) is 5.68. The molecular formula is C10H10N2O4S. The summed E-state index contributed by atoms with van der Waals surface area (Å²) < 4.78 is 0.698. The Balaban J connectivity index is 2.88. The smallest absolute Gasteiger partial charge is 0.329 e. The topological polar surface area (TPSA) is 92.2 Å². The summed E-state index contributed by atoms with van der Waals surface area (Å²) in [5, 5.41) is 9.05. The van der Waals surface area contributed by atoms with Gasteiger partial charge in [-0.1, -0.05) is 0 Å². The molecule has 0 saturated carbocycles. The van der Waals surface area contributed by atoms with Crippen LogP contribution in [0.25, 0.3) is 10.2 Å². The highest BCUT2D eigenvalue weighted by molar-refractivity contribution is 7.18. The summed E-state index contributed by atoms with van der Waals surface area (Å²) >= 11 is 1.32. The van der Waals surface area contributed by atoms with Crippen LogP contribution in [0.1, 0.15) is 10.4 Å². The molecule has 0 saturated heterocycles. The Morgan fingerprint density at radius 3 is 2.65 bits per heavy atom. The first kappa shape index (κ1) is 11.6. The molecule has 0 aliphatic carbocycles. The van der Waals surface area contributed by atoms with Crippen LogP contribution in [0.2, 0.25) is 0 Å².